The lowest BCUT2D eigenvalue weighted by atomic mass is 10.1. The van der Waals surface area contributed by atoms with Crippen molar-refractivity contribution in [1.29, 1.82) is 0 Å². The van der Waals surface area contributed by atoms with Crippen LogP contribution in [0.5, 0.6) is 0 Å². The zero-order chi connectivity index (χ0) is 13.7. The molecule has 1 unspecified atom stereocenters. The number of nitrogens with zero attached hydrogens (tertiary/aromatic N) is 1. The second-order valence-corrected chi connectivity index (χ2v) is 4.71. The lowest BCUT2D eigenvalue weighted by molar-refractivity contribution is -0.137. The highest BCUT2D eigenvalue weighted by Gasteiger charge is 2.21. The van der Waals surface area contributed by atoms with E-state index in [0.717, 1.165) is 18.7 Å². The van der Waals surface area contributed by atoms with Gasteiger partial charge in [-0.1, -0.05) is 12.1 Å². The highest BCUT2D eigenvalue weighted by Crippen LogP contribution is 2.22. The largest absolute Gasteiger partial charge is 0.481 e. The first-order valence-corrected chi connectivity index (χ1v) is 6.46. The van der Waals surface area contributed by atoms with E-state index < -0.39 is 5.97 Å². The molecule has 0 amide bonds. The maximum absolute atomic E-state index is 13.2. The van der Waals surface area contributed by atoms with Crippen molar-refractivity contribution in [2.45, 2.75) is 18.9 Å². The number of hydrogen-bond donors (Lipinski definition) is 1. The average molecular weight is 267 g/mol. The van der Waals surface area contributed by atoms with Gasteiger partial charge in [0.25, 0.3) is 0 Å². The lowest BCUT2D eigenvalue weighted by Gasteiger charge is -2.33. The van der Waals surface area contributed by atoms with Gasteiger partial charge in [-0.3, -0.25) is 9.69 Å². The van der Waals surface area contributed by atoms with Gasteiger partial charge >= 0.3 is 5.97 Å². The first kappa shape index (κ1) is 14.0. The van der Waals surface area contributed by atoms with Gasteiger partial charge in [-0.25, -0.2) is 4.39 Å². The summed E-state index contributed by atoms with van der Waals surface area (Å²) in [6.07, 6.45) is 0.682. The van der Waals surface area contributed by atoms with Crippen LogP contribution in [0.3, 0.4) is 0 Å². The highest BCUT2D eigenvalue weighted by atomic mass is 19.1. The molecule has 19 heavy (non-hydrogen) atoms. The van der Waals surface area contributed by atoms with E-state index in [2.05, 4.69) is 4.90 Å². The predicted molar refractivity (Wildman–Crippen MR) is 68.4 cm³/mol. The Morgan fingerprint density at radius 2 is 2.37 bits per heavy atom. The topological polar surface area (TPSA) is 49.8 Å². The van der Waals surface area contributed by atoms with Gasteiger partial charge in [0.15, 0.2) is 0 Å². The maximum atomic E-state index is 13.2. The molecule has 0 bridgehead atoms. The monoisotopic (exact) mass is 267 g/mol. The van der Waals surface area contributed by atoms with Crippen molar-refractivity contribution in [3.05, 3.63) is 35.6 Å². The van der Waals surface area contributed by atoms with E-state index in [1.165, 1.54) is 12.1 Å². The molecule has 0 saturated carbocycles. The van der Waals surface area contributed by atoms with Crippen molar-refractivity contribution in [3.63, 3.8) is 0 Å². The third kappa shape index (κ3) is 4.29. The average Bonchev–Trinajstić information content (AvgIpc) is 2.39. The standard InChI is InChI=1S/C14H18FNO3/c15-12-4-1-3-11(9-12)13-10-16(7-8-19-13)6-2-5-14(17)18/h1,3-4,9,13H,2,5-8,10H2,(H,17,18). The molecule has 4 nitrogen and oxygen atoms in total. The Morgan fingerprint density at radius 3 is 3.11 bits per heavy atom. The number of benzene rings is 1. The number of rotatable bonds is 5. The van der Waals surface area contributed by atoms with E-state index in [1.807, 2.05) is 6.07 Å². The van der Waals surface area contributed by atoms with Crippen LogP contribution >= 0.6 is 0 Å². The summed E-state index contributed by atoms with van der Waals surface area (Å²) >= 11 is 0. The third-order valence-corrected chi connectivity index (χ3v) is 3.24. The number of carboxylic acid groups (broad SMARTS) is 1. The first-order chi connectivity index (χ1) is 9.15. The maximum Gasteiger partial charge on any atom is 0.303 e. The van der Waals surface area contributed by atoms with Crippen molar-refractivity contribution >= 4 is 5.97 Å². The fourth-order valence-corrected chi connectivity index (χ4v) is 2.27. The molecule has 1 N–H and O–H groups in total. The van der Waals surface area contributed by atoms with Crippen LogP contribution < -0.4 is 0 Å². The van der Waals surface area contributed by atoms with Gasteiger partial charge < -0.3 is 9.84 Å². The molecule has 1 aromatic carbocycles. The number of carbonyl (C=O) groups is 1. The third-order valence-electron chi connectivity index (χ3n) is 3.24. The number of ether oxygens (including phenoxy) is 1. The summed E-state index contributed by atoms with van der Waals surface area (Å²) in [4.78, 5) is 12.6. The van der Waals surface area contributed by atoms with E-state index >= 15 is 0 Å². The molecule has 1 saturated heterocycles. The quantitative estimate of drug-likeness (QED) is 0.887. The second kappa shape index (κ2) is 6.63. The van der Waals surface area contributed by atoms with Crippen molar-refractivity contribution in [1.82, 2.24) is 4.90 Å². The van der Waals surface area contributed by atoms with Crippen LogP contribution in [0.15, 0.2) is 24.3 Å². The van der Waals surface area contributed by atoms with Crippen molar-refractivity contribution in [3.8, 4) is 0 Å². The number of hydrogen-bond acceptors (Lipinski definition) is 3. The number of aliphatic carboxylic acids is 1. The van der Waals surface area contributed by atoms with Crippen LogP contribution in [-0.2, 0) is 9.53 Å². The summed E-state index contributed by atoms with van der Waals surface area (Å²) in [5.41, 5.74) is 0.836. The smallest absolute Gasteiger partial charge is 0.303 e. The SMILES string of the molecule is O=C(O)CCCN1CCOC(c2cccc(F)c2)C1. The van der Waals surface area contributed by atoms with Crippen molar-refractivity contribution < 1.29 is 19.0 Å². The Balaban J connectivity index is 1.88. The fraction of sp³-hybridized carbons (Fsp3) is 0.500. The summed E-state index contributed by atoms with van der Waals surface area (Å²) in [5.74, 6) is -1.03. The molecular formula is C14H18FNO3. The minimum absolute atomic E-state index is 0.130. The number of halogens is 1. The molecule has 0 radical (unpaired) electrons. The van der Waals surface area contributed by atoms with Crippen molar-refractivity contribution in [2.24, 2.45) is 0 Å². The van der Waals surface area contributed by atoms with Crippen LogP contribution in [0.1, 0.15) is 24.5 Å². The zero-order valence-corrected chi connectivity index (χ0v) is 10.7. The first-order valence-electron chi connectivity index (χ1n) is 6.46. The molecule has 1 fully saturated rings. The summed E-state index contributed by atoms with van der Waals surface area (Å²) < 4.78 is 18.8. The molecule has 5 heteroatoms. The van der Waals surface area contributed by atoms with Gasteiger partial charge in [-0.15, -0.1) is 0 Å². The van der Waals surface area contributed by atoms with E-state index in [4.69, 9.17) is 9.84 Å². The molecule has 1 heterocycles. The van der Waals surface area contributed by atoms with Gasteiger partial charge in [0.05, 0.1) is 12.7 Å². The predicted octanol–water partition coefficient (Wildman–Crippen LogP) is 2.06. The highest BCUT2D eigenvalue weighted by molar-refractivity contribution is 5.66. The Hall–Kier alpha value is -1.46. The van der Waals surface area contributed by atoms with Crippen LogP contribution in [0, 0.1) is 5.82 Å². The second-order valence-electron chi connectivity index (χ2n) is 4.71. The molecule has 1 aliphatic heterocycles. The molecule has 104 valence electrons. The molecular weight excluding hydrogens is 249 g/mol. The molecule has 0 spiro atoms. The van der Waals surface area contributed by atoms with Crippen LogP contribution in [-0.4, -0.2) is 42.2 Å². The summed E-state index contributed by atoms with van der Waals surface area (Å²) in [5, 5.41) is 8.62. The normalized spacial score (nSPS) is 20.4. The minimum Gasteiger partial charge on any atom is -0.481 e. The zero-order valence-electron chi connectivity index (χ0n) is 10.7. The van der Waals surface area contributed by atoms with Gasteiger partial charge in [0.2, 0.25) is 0 Å². The Morgan fingerprint density at radius 1 is 1.53 bits per heavy atom. The van der Waals surface area contributed by atoms with E-state index in [1.54, 1.807) is 6.07 Å². The molecule has 0 aliphatic carbocycles. The Labute approximate surface area is 111 Å². The van der Waals surface area contributed by atoms with E-state index in [9.17, 15) is 9.18 Å². The minimum atomic E-state index is -0.769. The number of carboxylic acids is 1. The van der Waals surface area contributed by atoms with Gasteiger partial charge in [0, 0.05) is 19.5 Å². The fourth-order valence-electron chi connectivity index (χ4n) is 2.27. The Bertz CT molecular complexity index is 438. The summed E-state index contributed by atoms with van der Waals surface area (Å²) in [6, 6.07) is 6.44. The molecule has 1 aromatic rings. The summed E-state index contributed by atoms with van der Waals surface area (Å²) in [7, 11) is 0. The number of morpholine rings is 1. The van der Waals surface area contributed by atoms with E-state index in [-0.39, 0.29) is 18.3 Å². The van der Waals surface area contributed by atoms with Gasteiger partial charge in [-0.05, 0) is 30.7 Å². The molecule has 1 atom stereocenters. The molecule has 2 rings (SSSR count). The van der Waals surface area contributed by atoms with Crippen LogP contribution in [0.25, 0.3) is 0 Å². The summed E-state index contributed by atoms with van der Waals surface area (Å²) in [6.45, 7) is 2.81. The molecule has 0 aromatic heterocycles. The van der Waals surface area contributed by atoms with Crippen molar-refractivity contribution in [2.75, 3.05) is 26.2 Å². The molecule has 1 aliphatic rings. The Kier molecular flexibility index (Phi) is 4.87. The van der Waals surface area contributed by atoms with Crippen LogP contribution in [0.2, 0.25) is 0 Å². The lowest BCUT2D eigenvalue weighted by Crippen LogP contribution is -2.39. The van der Waals surface area contributed by atoms with Gasteiger partial charge in [0.1, 0.15) is 5.82 Å². The van der Waals surface area contributed by atoms with Crippen LogP contribution in [0.4, 0.5) is 4.39 Å². The van der Waals surface area contributed by atoms with Gasteiger partial charge in [-0.2, -0.15) is 0 Å². The van der Waals surface area contributed by atoms with E-state index in [0.29, 0.717) is 19.6 Å².